The second-order valence-electron chi connectivity index (χ2n) is 8.14. The number of benzene rings is 1. The molecular formula is C23H32N4O3. The smallest absolute Gasteiger partial charge is 0.269 e. The van der Waals surface area contributed by atoms with Gasteiger partial charge in [-0.1, -0.05) is 26.2 Å². The number of hydrogen-bond acceptors (Lipinski definition) is 4. The summed E-state index contributed by atoms with van der Waals surface area (Å²) in [5.74, 6) is 0.0797. The maximum atomic E-state index is 13.2. The van der Waals surface area contributed by atoms with Gasteiger partial charge in [0.15, 0.2) is 0 Å². The molecule has 0 atom stereocenters. The second kappa shape index (κ2) is 9.89. The van der Waals surface area contributed by atoms with Crippen LogP contribution in [0.2, 0.25) is 0 Å². The molecule has 0 unspecified atom stereocenters. The molecule has 2 aromatic rings. The first-order chi connectivity index (χ1) is 14.4. The average Bonchev–Trinajstić information content (AvgIpc) is 3.07. The van der Waals surface area contributed by atoms with Crippen LogP contribution in [-0.2, 0) is 6.54 Å². The highest BCUT2D eigenvalue weighted by atomic mass is 16.6. The summed E-state index contributed by atoms with van der Waals surface area (Å²) in [4.78, 5) is 28.0. The highest BCUT2D eigenvalue weighted by Gasteiger charge is 2.25. The molecule has 1 amide bonds. The standard InChI is InChI=1S/C23H32N4O3/c1-4-5-6-7-12-26-18(2)21(23(28)25-15-13-24(3)14-16-25)17-22(26)19-8-10-20(11-9-19)27(29)30/h8-11,17H,4-7,12-16H2,1-3H3. The van der Waals surface area contributed by atoms with Gasteiger partial charge < -0.3 is 14.4 Å². The topological polar surface area (TPSA) is 71.6 Å². The zero-order valence-electron chi connectivity index (χ0n) is 18.3. The third-order valence-corrected chi connectivity index (χ3v) is 6.00. The summed E-state index contributed by atoms with van der Waals surface area (Å²) >= 11 is 0. The van der Waals surface area contributed by atoms with E-state index in [0.29, 0.717) is 0 Å². The van der Waals surface area contributed by atoms with Gasteiger partial charge >= 0.3 is 0 Å². The van der Waals surface area contributed by atoms with Gasteiger partial charge in [0.2, 0.25) is 0 Å². The first-order valence-electron chi connectivity index (χ1n) is 10.8. The number of hydrogen-bond donors (Lipinski definition) is 0. The van der Waals surface area contributed by atoms with Gasteiger partial charge in [-0.25, -0.2) is 0 Å². The maximum Gasteiger partial charge on any atom is 0.269 e. The van der Waals surface area contributed by atoms with Gasteiger partial charge in [0.25, 0.3) is 11.6 Å². The van der Waals surface area contributed by atoms with Gasteiger partial charge in [0, 0.05) is 56.2 Å². The molecule has 2 heterocycles. The number of nitro groups is 1. The Morgan fingerprint density at radius 3 is 2.33 bits per heavy atom. The Morgan fingerprint density at radius 2 is 1.73 bits per heavy atom. The van der Waals surface area contributed by atoms with Crippen LogP contribution in [0.25, 0.3) is 11.3 Å². The molecular weight excluding hydrogens is 380 g/mol. The Morgan fingerprint density at radius 1 is 1.07 bits per heavy atom. The molecule has 7 heteroatoms. The van der Waals surface area contributed by atoms with E-state index in [-0.39, 0.29) is 16.5 Å². The fourth-order valence-corrected chi connectivity index (χ4v) is 4.02. The molecule has 3 rings (SSSR count). The Hall–Kier alpha value is -2.67. The van der Waals surface area contributed by atoms with Crippen LogP contribution in [0.4, 0.5) is 5.69 Å². The van der Waals surface area contributed by atoms with E-state index in [1.165, 1.54) is 25.0 Å². The number of nitrogens with zero attached hydrogens (tertiary/aromatic N) is 4. The van der Waals surface area contributed by atoms with Crippen LogP contribution in [0.1, 0.15) is 48.7 Å². The Kier molecular flexibility index (Phi) is 7.26. The number of unbranched alkanes of at least 4 members (excludes halogenated alkanes) is 3. The van der Waals surface area contributed by atoms with Crippen LogP contribution in [0.3, 0.4) is 0 Å². The van der Waals surface area contributed by atoms with E-state index in [2.05, 4.69) is 23.4 Å². The molecule has 1 fully saturated rings. The normalized spacial score (nSPS) is 14.8. The van der Waals surface area contributed by atoms with E-state index in [1.54, 1.807) is 12.1 Å². The summed E-state index contributed by atoms with van der Waals surface area (Å²) in [6.45, 7) is 8.30. The minimum absolute atomic E-state index is 0.0743. The fourth-order valence-electron chi connectivity index (χ4n) is 4.02. The quantitative estimate of drug-likeness (QED) is 0.367. The summed E-state index contributed by atoms with van der Waals surface area (Å²) in [7, 11) is 2.08. The van der Waals surface area contributed by atoms with Gasteiger partial charge in [-0.15, -0.1) is 0 Å². The highest BCUT2D eigenvalue weighted by Crippen LogP contribution is 2.29. The molecule has 1 aromatic carbocycles. The van der Waals surface area contributed by atoms with Crippen molar-refractivity contribution in [2.75, 3.05) is 33.2 Å². The van der Waals surface area contributed by atoms with Crippen LogP contribution in [0, 0.1) is 17.0 Å². The highest BCUT2D eigenvalue weighted by molar-refractivity contribution is 5.97. The largest absolute Gasteiger partial charge is 0.344 e. The van der Waals surface area contributed by atoms with Crippen LogP contribution in [-0.4, -0.2) is 58.4 Å². The third kappa shape index (κ3) is 4.90. The molecule has 162 valence electrons. The van der Waals surface area contributed by atoms with Gasteiger partial charge in [-0.3, -0.25) is 14.9 Å². The molecule has 0 N–H and O–H groups in total. The van der Waals surface area contributed by atoms with Gasteiger partial charge in [-0.05, 0) is 44.2 Å². The monoisotopic (exact) mass is 412 g/mol. The number of nitro benzene ring substituents is 1. The minimum atomic E-state index is -0.388. The number of piperazine rings is 1. The lowest BCUT2D eigenvalue weighted by molar-refractivity contribution is -0.384. The SMILES string of the molecule is CCCCCCn1c(-c2ccc([N+](=O)[O-])cc2)cc(C(=O)N2CCN(C)CC2)c1C. The second-order valence-corrected chi connectivity index (χ2v) is 8.14. The molecule has 30 heavy (non-hydrogen) atoms. The minimum Gasteiger partial charge on any atom is -0.344 e. The first kappa shape index (κ1) is 22.0. The Balaban J connectivity index is 1.92. The molecule has 0 radical (unpaired) electrons. The van der Waals surface area contributed by atoms with Crippen molar-refractivity contribution in [1.82, 2.24) is 14.4 Å². The van der Waals surface area contributed by atoms with Crippen molar-refractivity contribution in [2.24, 2.45) is 0 Å². The summed E-state index contributed by atoms with van der Waals surface area (Å²) in [5.41, 5.74) is 3.64. The van der Waals surface area contributed by atoms with Crippen molar-refractivity contribution in [3.8, 4) is 11.3 Å². The number of amides is 1. The van der Waals surface area contributed by atoms with E-state index in [4.69, 9.17) is 0 Å². The number of likely N-dealkylation sites (N-methyl/N-ethyl adjacent to an activating group) is 1. The molecule has 7 nitrogen and oxygen atoms in total. The molecule has 1 aliphatic heterocycles. The average molecular weight is 413 g/mol. The summed E-state index contributed by atoms with van der Waals surface area (Å²) in [5, 5.41) is 11.0. The number of rotatable bonds is 8. The zero-order chi connectivity index (χ0) is 21.7. The van der Waals surface area contributed by atoms with Crippen LogP contribution in [0.15, 0.2) is 30.3 Å². The van der Waals surface area contributed by atoms with E-state index in [9.17, 15) is 14.9 Å². The summed E-state index contributed by atoms with van der Waals surface area (Å²) in [6, 6.07) is 8.58. The lowest BCUT2D eigenvalue weighted by Gasteiger charge is -2.32. The van der Waals surface area contributed by atoms with Crippen LogP contribution in [0.5, 0.6) is 0 Å². The Bertz CT molecular complexity index is 881. The lowest BCUT2D eigenvalue weighted by atomic mass is 10.1. The predicted octanol–water partition coefficient (Wildman–Crippen LogP) is 4.34. The lowest BCUT2D eigenvalue weighted by Crippen LogP contribution is -2.47. The van der Waals surface area contributed by atoms with E-state index < -0.39 is 0 Å². The summed E-state index contributed by atoms with van der Waals surface area (Å²) in [6.07, 6.45) is 4.56. The number of carbonyl (C=O) groups is 1. The van der Waals surface area contributed by atoms with Gasteiger partial charge in [-0.2, -0.15) is 0 Å². The maximum absolute atomic E-state index is 13.2. The van der Waals surface area contributed by atoms with Gasteiger partial charge in [0.05, 0.1) is 10.5 Å². The van der Waals surface area contributed by atoms with E-state index >= 15 is 0 Å². The van der Waals surface area contributed by atoms with Gasteiger partial charge in [0.1, 0.15) is 0 Å². The molecule has 0 bridgehead atoms. The molecule has 1 aromatic heterocycles. The number of aromatic nitrogens is 1. The predicted molar refractivity (Wildman–Crippen MR) is 119 cm³/mol. The van der Waals surface area contributed by atoms with Crippen LogP contribution >= 0.6 is 0 Å². The van der Waals surface area contributed by atoms with E-state index in [0.717, 1.165) is 68.1 Å². The first-order valence-corrected chi connectivity index (χ1v) is 10.8. The third-order valence-electron chi connectivity index (χ3n) is 6.00. The van der Waals surface area contributed by atoms with Crippen molar-refractivity contribution < 1.29 is 9.72 Å². The van der Waals surface area contributed by atoms with Crippen molar-refractivity contribution in [3.63, 3.8) is 0 Å². The Labute approximate surface area is 178 Å². The van der Waals surface area contributed by atoms with Crippen molar-refractivity contribution in [3.05, 3.63) is 51.7 Å². The fraction of sp³-hybridized carbons (Fsp3) is 0.522. The van der Waals surface area contributed by atoms with Crippen LogP contribution < -0.4 is 0 Å². The number of carbonyl (C=O) groups excluding carboxylic acids is 1. The summed E-state index contributed by atoms with van der Waals surface area (Å²) < 4.78 is 2.21. The van der Waals surface area contributed by atoms with E-state index in [1.807, 2.05) is 17.9 Å². The molecule has 0 aliphatic carbocycles. The number of non-ortho nitro benzene ring substituents is 1. The molecule has 1 aliphatic rings. The molecule has 0 spiro atoms. The van der Waals surface area contributed by atoms with Crippen molar-refractivity contribution >= 4 is 11.6 Å². The molecule has 0 saturated carbocycles. The van der Waals surface area contributed by atoms with Crippen molar-refractivity contribution in [1.29, 1.82) is 0 Å². The zero-order valence-corrected chi connectivity index (χ0v) is 18.3. The van der Waals surface area contributed by atoms with Crippen molar-refractivity contribution in [2.45, 2.75) is 46.1 Å². The molecule has 1 saturated heterocycles.